The molecule has 0 unspecified atom stereocenters. The molecule has 1 aliphatic rings. The average molecular weight is 320 g/mol. The summed E-state index contributed by atoms with van der Waals surface area (Å²) >= 11 is 0. The van der Waals surface area contributed by atoms with Gasteiger partial charge < -0.3 is 5.32 Å². The molecule has 4 nitrogen and oxygen atoms in total. The molecule has 4 heteroatoms. The van der Waals surface area contributed by atoms with E-state index in [-0.39, 0.29) is 0 Å². The Balaban J connectivity index is 1.54. The molecule has 124 valence electrons. The Morgan fingerprint density at radius 1 is 1.08 bits per heavy atom. The van der Waals surface area contributed by atoms with Gasteiger partial charge in [-0.05, 0) is 69.3 Å². The van der Waals surface area contributed by atoms with Crippen molar-refractivity contribution in [1.29, 1.82) is 0 Å². The number of pyridine rings is 2. The second-order valence-corrected chi connectivity index (χ2v) is 6.80. The third kappa shape index (κ3) is 3.06. The Labute approximate surface area is 143 Å². The van der Waals surface area contributed by atoms with Gasteiger partial charge >= 0.3 is 0 Å². The van der Waals surface area contributed by atoms with Gasteiger partial charge in [0.2, 0.25) is 0 Å². The number of hydrogen-bond donors (Lipinski definition) is 1. The van der Waals surface area contributed by atoms with E-state index in [1.807, 2.05) is 30.6 Å². The first kappa shape index (κ1) is 15.3. The van der Waals surface area contributed by atoms with E-state index in [0.717, 1.165) is 29.4 Å². The van der Waals surface area contributed by atoms with Gasteiger partial charge in [0.15, 0.2) is 0 Å². The largest absolute Gasteiger partial charge is 0.317 e. The van der Waals surface area contributed by atoms with Crippen LogP contribution in [0, 0.1) is 5.92 Å². The van der Waals surface area contributed by atoms with E-state index in [9.17, 15) is 0 Å². The van der Waals surface area contributed by atoms with Gasteiger partial charge in [-0.25, -0.2) is 4.98 Å². The third-order valence-electron chi connectivity index (χ3n) is 5.24. The predicted octanol–water partition coefficient (Wildman–Crippen LogP) is 3.72. The van der Waals surface area contributed by atoms with E-state index < -0.39 is 0 Å². The summed E-state index contributed by atoms with van der Waals surface area (Å²) in [6.07, 6.45) is 10.2. The van der Waals surface area contributed by atoms with Crippen LogP contribution in [0.1, 0.15) is 31.4 Å². The molecule has 3 aromatic heterocycles. The summed E-state index contributed by atoms with van der Waals surface area (Å²) in [5.74, 6) is 0.763. The fourth-order valence-corrected chi connectivity index (χ4v) is 3.81. The highest BCUT2D eigenvalue weighted by Crippen LogP contribution is 2.27. The third-order valence-corrected chi connectivity index (χ3v) is 5.24. The highest BCUT2D eigenvalue weighted by molar-refractivity contribution is 5.60. The topological polar surface area (TPSA) is 42.2 Å². The Hall–Kier alpha value is -2.20. The van der Waals surface area contributed by atoms with Crippen LogP contribution in [0.4, 0.5) is 0 Å². The predicted molar refractivity (Wildman–Crippen MR) is 96.9 cm³/mol. The lowest BCUT2D eigenvalue weighted by Crippen LogP contribution is -2.30. The minimum Gasteiger partial charge on any atom is -0.317 e. The van der Waals surface area contributed by atoms with Crippen molar-refractivity contribution < 1.29 is 0 Å². The summed E-state index contributed by atoms with van der Waals surface area (Å²) in [4.78, 5) is 9.40. The van der Waals surface area contributed by atoms with Gasteiger partial charge in [0, 0.05) is 17.9 Å². The Bertz CT molecular complexity index is 815. The molecule has 3 aromatic rings. The molecule has 0 aromatic carbocycles. The molecular formula is C20H24N4. The maximum atomic E-state index is 4.92. The van der Waals surface area contributed by atoms with Gasteiger partial charge in [-0.2, -0.15) is 0 Å². The maximum Gasteiger partial charge on any atom is 0.137 e. The average Bonchev–Trinajstić information content (AvgIpc) is 3.07. The van der Waals surface area contributed by atoms with E-state index in [1.54, 1.807) is 0 Å². The first-order valence-corrected chi connectivity index (χ1v) is 8.89. The first-order chi connectivity index (χ1) is 11.8. The van der Waals surface area contributed by atoms with Gasteiger partial charge in [-0.3, -0.25) is 9.38 Å². The van der Waals surface area contributed by atoms with Gasteiger partial charge in [-0.15, -0.1) is 0 Å². The molecule has 0 radical (unpaired) electrons. The van der Waals surface area contributed by atoms with Crippen LogP contribution in [0.5, 0.6) is 0 Å². The van der Waals surface area contributed by atoms with Crippen LogP contribution in [0.3, 0.4) is 0 Å². The molecule has 4 rings (SSSR count). The highest BCUT2D eigenvalue weighted by Gasteiger charge is 2.20. The van der Waals surface area contributed by atoms with Crippen LogP contribution < -0.4 is 5.32 Å². The fraction of sp³-hybridized carbons (Fsp3) is 0.400. The van der Waals surface area contributed by atoms with Crippen LogP contribution in [0.2, 0.25) is 0 Å². The molecule has 0 saturated heterocycles. The molecule has 1 N–H and O–H groups in total. The van der Waals surface area contributed by atoms with Gasteiger partial charge in [0.1, 0.15) is 5.65 Å². The van der Waals surface area contributed by atoms with E-state index in [4.69, 9.17) is 4.98 Å². The summed E-state index contributed by atoms with van der Waals surface area (Å²) in [5, 5.41) is 3.41. The molecule has 1 fully saturated rings. The number of aromatic nitrogens is 3. The SMILES string of the molecule is CNC1CCC(Cc2cccc(-c3cnc4ccccn34)n2)CC1. The lowest BCUT2D eigenvalue weighted by atomic mass is 9.83. The number of fused-ring (bicyclic) bond motifs is 1. The van der Waals surface area contributed by atoms with E-state index in [2.05, 4.69) is 39.9 Å². The monoisotopic (exact) mass is 320 g/mol. The van der Waals surface area contributed by atoms with Crippen LogP contribution in [0.25, 0.3) is 17.0 Å². The Morgan fingerprint density at radius 3 is 2.79 bits per heavy atom. The summed E-state index contributed by atoms with van der Waals surface area (Å²) in [5.41, 5.74) is 4.23. The summed E-state index contributed by atoms with van der Waals surface area (Å²) in [7, 11) is 2.08. The second-order valence-electron chi connectivity index (χ2n) is 6.80. The molecule has 0 spiro atoms. The van der Waals surface area contributed by atoms with E-state index in [0.29, 0.717) is 6.04 Å². The number of imidazole rings is 1. The summed E-state index contributed by atoms with van der Waals surface area (Å²) in [6, 6.07) is 13.1. The van der Waals surface area contributed by atoms with Crippen LogP contribution >= 0.6 is 0 Å². The van der Waals surface area contributed by atoms with Crippen molar-refractivity contribution in [2.24, 2.45) is 5.92 Å². The molecule has 0 atom stereocenters. The summed E-state index contributed by atoms with van der Waals surface area (Å²) in [6.45, 7) is 0. The minimum absolute atomic E-state index is 0.707. The van der Waals surface area contributed by atoms with Crippen LogP contribution in [-0.2, 0) is 6.42 Å². The number of nitrogens with one attached hydrogen (secondary N) is 1. The number of nitrogens with zero attached hydrogens (tertiary/aromatic N) is 3. The standard InChI is InChI=1S/C20H24N4/c1-21-16-10-8-15(9-11-16)13-17-5-4-6-18(23-17)19-14-22-20-7-2-3-12-24(19)20/h2-7,12,14-16,21H,8-11,13H2,1H3. The fourth-order valence-electron chi connectivity index (χ4n) is 3.81. The maximum absolute atomic E-state index is 4.92. The molecule has 1 aliphatic carbocycles. The van der Waals surface area contributed by atoms with Crippen LogP contribution in [0.15, 0.2) is 48.8 Å². The van der Waals surface area contributed by atoms with Crippen molar-refractivity contribution in [1.82, 2.24) is 19.7 Å². The van der Waals surface area contributed by atoms with Crippen molar-refractivity contribution >= 4 is 5.65 Å². The molecule has 0 bridgehead atoms. The van der Waals surface area contributed by atoms with Crippen LogP contribution in [-0.4, -0.2) is 27.5 Å². The normalized spacial score (nSPS) is 21.2. The quantitative estimate of drug-likeness (QED) is 0.797. The number of hydrogen-bond acceptors (Lipinski definition) is 3. The van der Waals surface area contributed by atoms with Crippen molar-refractivity contribution in [2.45, 2.75) is 38.1 Å². The van der Waals surface area contributed by atoms with Crippen molar-refractivity contribution in [3.8, 4) is 11.4 Å². The lowest BCUT2D eigenvalue weighted by Gasteiger charge is -2.28. The number of rotatable bonds is 4. The zero-order valence-electron chi connectivity index (χ0n) is 14.2. The molecule has 0 aliphatic heterocycles. The zero-order chi connectivity index (χ0) is 16.4. The zero-order valence-corrected chi connectivity index (χ0v) is 14.2. The lowest BCUT2D eigenvalue weighted by molar-refractivity contribution is 0.299. The minimum atomic E-state index is 0.707. The highest BCUT2D eigenvalue weighted by atomic mass is 15.0. The van der Waals surface area contributed by atoms with Crippen molar-refractivity contribution in [3.63, 3.8) is 0 Å². The smallest absolute Gasteiger partial charge is 0.137 e. The van der Waals surface area contributed by atoms with E-state index >= 15 is 0 Å². The molecular weight excluding hydrogens is 296 g/mol. The first-order valence-electron chi connectivity index (χ1n) is 8.89. The van der Waals surface area contributed by atoms with Gasteiger partial charge in [0.05, 0.1) is 17.6 Å². The van der Waals surface area contributed by atoms with Gasteiger partial charge in [0.25, 0.3) is 0 Å². The molecule has 1 saturated carbocycles. The van der Waals surface area contributed by atoms with Crippen molar-refractivity contribution in [3.05, 3.63) is 54.5 Å². The Morgan fingerprint density at radius 2 is 1.96 bits per heavy atom. The second kappa shape index (κ2) is 6.73. The van der Waals surface area contributed by atoms with Gasteiger partial charge in [-0.1, -0.05) is 12.1 Å². The summed E-state index contributed by atoms with van der Waals surface area (Å²) < 4.78 is 2.10. The Kier molecular flexibility index (Phi) is 4.30. The molecule has 0 amide bonds. The van der Waals surface area contributed by atoms with E-state index in [1.165, 1.54) is 31.4 Å². The van der Waals surface area contributed by atoms with Crippen molar-refractivity contribution in [2.75, 3.05) is 7.05 Å². The molecule has 3 heterocycles. The molecule has 24 heavy (non-hydrogen) atoms.